The van der Waals surface area contributed by atoms with Crippen LogP contribution in [0.2, 0.25) is 0 Å². The van der Waals surface area contributed by atoms with E-state index < -0.39 is 22.5 Å². The van der Waals surface area contributed by atoms with Gasteiger partial charge in [0.05, 0.1) is 28.6 Å². The topological polar surface area (TPSA) is 142 Å². The van der Waals surface area contributed by atoms with Gasteiger partial charge in [0.15, 0.2) is 0 Å². The first-order valence-corrected chi connectivity index (χ1v) is 19.7. The lowest BCUT2D eigenvalue weighted by atomic mass is 9.92. The van der Waals surface area contributed by atoms with Gasteiger partial charge in [-0.1, -0.05) is 86.1 Å². The average molecular weight is 743 g/mol. The first-order chi connectivity index (χ1) is 26.2. The molecule has 10 nitrogen and oxygen atoms in total. The number of sulfonamides is 1. The highest BCUT2D eigenvalue weighted by Gasteiger charge is 2.29. The summed E-state index contributed by atoms with van der Waals surface area (Å²) < 4.78 is 31.0. The molecule has 0 atom stereocenters. The number of carbonyl (C=O) groups excluding carboxylic acids is 2. The van der Waals surface area contributed by atoms with Gasteiger partial charge in [-0.2, -0.15) is 5.10 Å². The van der Waals surface area contributed by atoms with Crippen LogP contribution in [0.4, 0.5) is 0 Å². The fourth-order valence-electron chi connectivity index (χ4n) is 7.14. The van der Waals surface area contributed by atoms with Crippen LogP contribution in [0.3, 0.4) is 0 Å². The maximum atomic E-state index is 14.7. The summed E-state index contributed by atoms with van der Waals surface area (Å²) in [4.78, 5) is 30.1. The van der Waals surface area contributed by atoms with E-state index in [-0.39, 0.29) is 28.5 Å². The summed E-state index contributed by atoms with van der Waals surface area (Å²) in [5, 5.41) is 26.6. The molecule has 3 N–H and O–H groups in total. The highest BCUT2D eigenvalue weighted by atomic mass is 32.2. The highest BCUT2D eigenvalue weighted by Crippen LogP contribution is 2.36. The third-order valence-corrected chi connectivity index (χ3v) is 11.3. The molecule has 276 valence electrons. The number of hydrogen-bond donors (Lipinski definition) is 3. The number of fused-ring (bicyclic) bond motifs is 2. The molecule has 0 bridgehead atoms. The molecule has 0 unspecified atom stereocenters. The van der Waals surface area contributed by atoms with Crippen molar-refractivity contribution in [3.05, 3.63) is 148 Å². The summed E-state index contributed by atoms with van der Waals surface area (Å²) >= 11 is 0. The van der Waals surface area contributed by atoms with E-state index in [1.807, 2.05) is 60.7 Å². The van der Waals surface area contributed by atoms with E-state index in [0.717, 1.165) is 40.7 Å². The molecular weight excluding hydrogens is 701 g/mol. The van der Waals surface area contributed by atoms with Gasteiger partial charge >= 0.3 is 0 Å². The second kappa shape index (κ2) is 15.8. The van der Waals surface area contributed by atoms with Gasteiger partial charge in [-0.15, -0.1) is 0 Å². The molecule has 5 aromatic carbocycles. The summed E-state index contributed by atoms with van der Waals surface area (Å²) in [6, 6.07) is 32.3. The molecule has 0 saturated heterocycles. The largest absolute Gasteiger partial charge is 0.396 e. The predicted octanol–water partition coefficient (Wildman–Crippen LogP) is 6.38. The second-order valence-electron chi connectivity index (χ2n) is 13.5. The maximum Gasteiger partial charge on any atom is 0.265 e. The molecule has 2 heterocycles. The van der Waals surface area contributed by atoms with Crippen LogP contribution in [0.1, 0.15) is 68.6 Å². The molecule has 0 fully saturated rings. The Morgan fingerprint density at radius 3 is 2.31 bits per heavy atom. The van der Waals surface area contributed by atoms with E-state index in [9.17, 15) is 28.2 Å². The summed E-state index contributed by atoms with van der Waals surface area (Å²) in [6.07, 6.45) is 3.47. The van der Waals surface area contributed by atoms with E-state index in [4.69, 9.17) is 5.10 Å². The Morgan fingerprint density at radius 1 is 0.833 bits per heavy atom. The minimum Gasteiger partial charge on any atom is -0.396 e. The van der Waals surface area contributed by atoms with E-state index in [2.05, 4.69) is 17.7 Å². The van der Waals surface area contributed by atoms with Crippen LogP contribution in [-0.4, -0.2) is 58.3 Å². The summed E-state index contributed by atoms with van der Waals surface area (Å²) in [5.74, 6) is -1.20. The smallest absolute Gasteiger partial charge is 0.265 e. The lowest BCUT2D eigenvalue weighted by molar-refractivity contribution is 0.0735. The van der Waals surface area contributed by atoms with Gasteiger partial charge in [0.25, 0.3) is 21.8 Å². The van der Waals surface area contributed by atoms with E-state index in [1.165, 1.54) is 29.8 Å². The van der Waals surface area contributed by atoms with Gasteiger partial charge < -0.3 is 15.1 Å². The molecule has 0 radical (unpaired) electrons. The Balaban J connectivity index is 1.32. The monoisotopic (exact) mass is 742 g/mol. The first-order valence-electron chi connectivity index (χ1n) is 18.2. The number of hydrogen-bond acceptors (Lipinski definition) is 7. The summed E-state index contributed by atoms with van der Waals surface area (Å²) in [6.45, 7) is 2.54. The molecule has 0 spiro atoms. The summed E-state index contributed by atoms with van der Waals surface area (Å²) in [7, 11) is -4.27. The summed E-state index contributed by atoms with van der Waals surface area (Å²) in [5.41, 5.74) is 6.40. The molecular formula is C43H42N4O6S. The van der Waals surface area contributed by atoms with Gasteiger partial charge in [0.2, 0.25) is 0 Å². The molecule has 54 heavy (non-hydrogen) atoms. The number of aliphatic hydroxyl groups excluding tert-OH is 2. The van der Waals surface area contributed by atoms with Crippen LogP contribution in [-0.2, 0) is 42.4 Å². The van der Waals surface area contributed by atoms with Gasteiger partial charge in [0.1, 0.15) is 0 Å². The normalized spacial score (nSPS) is 12.8. The second-order valence-corrected chi connectivity index (χ2v) is 15.2. The zero-order valence-electron chi connectivity index (χ0n) is 30.0. The van der Waals surface area contributed by atoms with Gasteiger partial charge in [-0.05, 0) is 95.1 Å². The fourth-order valence-corrected chi connectivity index (χ4v) is 8.15. The standard InChI is InChI=1S/C43H42N4O6S/c1-2-3-12-40-41(39(28-49)44-47(40)35-17-13-29(14-18-35)22-24-48)37-20-16-33(26-38(37)43(51)46-23-21-31-9-5-7-11-34(31)27-46)42(50)45-54(52,53)36-19-15-30-8-4-6-10-32(30)25-36/h4-11,13-20,25-26,48-49H,2-3,12,21-24,27-28H2,1H3,(H,45,50). The lowest BCUT2D eigenvalue weighted by Gasteiger charge is -2.30. The fraction of sp³-hybridized carbons (Fsp3) is 0.233. The molecule has 1 aromatic heterocycles. The third kappa shape index (κ3) is 7.43. The minimum atomic E-state index is -4.27. The van der Waals surface area contributed by atoms with Crippen LogP contribution in [0.25, 0.3) is 27.6 Å². The number of benzene rings is 5. The van der Waals surface area contributed by atoms with Crippen LogP contribution in [0.15, 0.2) is 114 Å². The Kier molecular flexibility index (Phi) is 10.7. The van der Waals surface area contributed by atoms with Crippen molar-refractivity contribution in [2.45, 2.75) is 57.1 Å². The maximum absolute atomic E-state index is 14.7. The molecule has 7 rings (SSSR count). The number of aromatic nitrogens is 2. The zero-order valence-corrected chi connectivity index (χ0v) is 30.9. The zero-order chi connectivity index (χ0) is 37.8. The third-order valence-electron chi connectivity index (χ3n) is 10.0. The van der Waals surface area contributed by atoms with Crippen LogP contribution < -0.4 is 4.72 Å². The molecule has 0 aliphatic carbocycles. The van der Waals surface area contributed by atoms with Gasteiger partial charge in [0, 0.05) is 36.4 Å². The molecule has 2 amide bonds. The first kappa shape index (κ1) is 36.7. The number of nitrogens with zero attached hydrogens (tertiary/aromatic N) is 3. The minimum absolute atomic E-state index is 0.00334. The molecule has 0 saturated carbocycles. The van der Waals surface area contributed by atoms with Crippen molar-refractivity contribution in [3.8, 4) is 16.8 Å². The quantitative estimate of drug-likeness (QED) is 0.132. The van der Waals surface area contributed by atoms with Crippen LogP contribution in [0, 0.1) is 0 Å². The Morgan fingerprint density at radius 2 is 1.57 bits per heavy atom. The lowest BCUT2D eigenvalue weighted by Crippen LogP contribution is -2.36. The number of aliphatic hydroxyl groups is 2. The number of unbranched alkanes of at least 4 members (excludes halogenated alkanes) is 1. The Bertz CT molecular complexity index is 2460. The van der Waals surface area contributed by atoms with Gasteiger partial charge in [-0.3, -0.25) is 9.59 Å². The van der Waals surface area contributed by atoms with Crippen molar-refractivity contribution in [2.75, 3.05) is 13.2 Å². The number of rotatable bonds is 12. The molecule has 1 aliphatic rings. The van der Waals surface area contributed by atoms with Crippen LogP contribution >= 0.6 is 0 Å². The SMILES string of the molecule is CCCCc1c(-c2ccc(C(=O)NS(=O)(=O)c3ccc4ccccc4c3)cc2C(=O)N2CCc3ccccc3C2)c(CO)nn1-c1ccc(CCO)cc1. The predicted molar refractivity (Wildman–Crippen MR) is 208 cm³/mol. The van der Waals surface area contributed by atoms with E-state index in [0.29, 0.717) is 54.6 Å². The number of nitrogens with one attached hydrogen (secondary N) is 1. The van der Waals surface area contributed by atoms with E-state index in [1.54, 1.807) is 27.8 Å². The van der Waals surface area contributed by atoms with Crippen molar-refractivity contribution in [3.63, 3.8) is 0 Å². The van der Waals surface area contributed by atoms with Crippen LogP contribution in [0.5, 0.6) is 0 Å². The Labute approximate surface area is 314 Å². The van der Waals surface area contributed by atoms with Crippen molar-refractivity contribution < 1.29 is 28.2 Å². The van der Waals surface area contributed by atoms with Crippen molar-refractivity contribution in [1.29, 1.82) is 0 Å². The highest BCUT2D eigenvalue weighted by molar-refractivity contribution is 7.90. The van der Waals surface area contributed by atoms with Crippen molar-refractivity contribution in [2.24, 2.45) is 0 Å². The van der Waals surface area contributed by atoms with E-state index >= 15 is 0 Å². The van der Waals surface area contributed by atoms with Gasteiger partial charge in [-0.25, -0.2) is 17.8 Å². The molecule has 1 aliphatic heterocycles. The molecule has 11 heteroatoms. The number of amides is 2. The van der Waals surface area contributed by atoms with Crippen molar-refractivity contribution >= 4 is 32.6 Å². The van der Waals surface area contributed by atoms with Crippen molar-refractivity contribution in [1.82, 2.24) is 19.4 Å². The molecule has 6 aromatic rings. The Hall–Kier alpha value is -5.62. The number of carbonyl (C=O) groups is 2. The average Bonchev–Trinajstić information content (AvgIpc) is 3.57.